The molecule has 0 fully saturated rings. The van der Waals surface area contributed by atoms with Gasteiger partial charge in [0.05, 0.1) is 0 Å². The lowest BCUT2D eigenvalue weighted by molar-refractivity contribution is 0.102. The van der Waals surface area contributed by atoms with Gasteiger partial charge in [0.1, 0.15) is 0 Å². The van der Waals surface area contributed by atoms with Gasteiger partial charge in [-0.05, 0) is 60.2 Å². The van der Waals surface area contributed by atoms with Gasteiger partial charge in [0, 0.05) is 34.9 Å². The number of para-hydroxylation sites is 1. The number of thioether (sulfide) groups is 1. The standard InChI is InChI=1S/C23H22N2OS/c1-27-21-7-4-6-20(15-21)24-23(26)19-11-9-17(10-12-19)16-25-14-13-18-5-2-3-8-22(18)25/h2-12,15H,13-14,16H2,1H3,(H,24,26). The molecule has 0 spiro atoms. The maximum Gasteiger partial charge on any atom is 0.255 e. The summed E-state index contributed by atoms with van der Waals surface area (Å²) in [6.45, 7) is 1.92. The number of rotatable bonds is 5. The van der Waals surface area contributed by atoms with Crippen LogP contribution in [0.5, 0.6) is 0 Å². The fourth-order valence-electron chi connectivity index (χ4n) is 3.46. The van der Waals surface area contributed by atoms with Crippen molar-refractivity contribution in [3.8, 4) is 0 Å². The van der Waals surface area contributed by atoms with E-state index in [0.29, 0.717) is 5.56 Å². The molecule has 1 aliphatic rings. The van der Waals surface area contributed by atoms with Crippen molar-refractivity contribution in [2.45, 2.75) is 17.9 Å². The third-order valence-corrected chi connectivity index (χ3v) is 5.63. The van der Waals surface area contributed by atoms with Gasteiger partial charge in [0.15, 0.2) is 0 Å². The molecule has 136 valence electrons. The third kappa shape index (κ3) is 4.01. The number of hydrogen-bond donors (Lipinski definition) is 1. The van der Waals surface area contributed by atoms with Crippen LogP contribution < -0.4 is 10.2 Å². The second kappa shape index (κ2) is 7.89. The number of anilines is 2. The SMILES string of the molecule is CSc1cccc(NC(=O)c2ccc(CN3CCc4ccccc43)cc2)c1. The second-order valence-electron chi connectivity index (χ2n) is 6.68. The fourth-order valence-corrected chi connectivity index (χ4v) is 3.92. The predicted octanol–water partition coefficient (Wildman–Crippen LogP) is 5.22. The number of benzene rings is 3. The van der Waals surface area contributed by atoms with Crippen LogP contribution in [0.15, 0.2) is 77.7 Å². The maximum atomic E-state index is 12.5. The summed E-state index contributed by atoms with van der Waals surface area (Å²) >= 11 is 1.66. The van der Waals surface area contributed by atoms with Crippen molar-refractivity contribution >= 4 is 29.0 Å². The van der Waals surface area contributed by atoms with Crippen LogP contribution in [0.2, 0.25) is 0 Å². The Kier molecular flexibility index (Phi) is 5.16. The number of nitrogens with one attached hydrogen (secondary N) is 1. The van der Waals surface area contributed by atoms with Crippen LogP contribution in [0.25, 0.3) is 0 Å². The van der Waals surface area contributed by atoms with Crippen molar-refractivity contribution in [1.82, 2.24) is 0 Å². The van der Waals surface area contributed by atoms with Gasteiger partial charge in [0.25, 0.3) is 5.91 Å². The average Bonchev–Trinajstić information content (AvgIpc) is 3.11. The van der Waals surface area contributed by atoms with E-state index in [9.17, 15) is 4.79 Å². The predicted molar refractivity (Wildman–Crippen MR) is 114 cm³/mol. The van der Waals surface area contributed by atoms with E-state index in [2.05, 4.69) is 34.5 Å². The van der Waals surface area contributed by atoms with Crippen molar-refractivity contribution in [1.29, 1.82) is 0 Å². The summed E-state index contributed by atoms with van der Waals surface area (Å²) in [6, 6.07) is 24.4. The van der Waals surface area contributed by atoms with Gasteiger partial charge >= 0.3 is 0 Å². The van der Waals surface area contributed by atoms with Crippen molar-refractivity contribution < 1.29 is 4.79 Å². The molecule has 27 heavy (non-hydrogen) atoms. The molecular weight excluding hydrogens is 352 g/mol. The van der Waals surface area contributed by atoms with Crippen molar-refractivity contribution in [3.63, 3.8) is 0 Å². The van der Waals surface area contributed by atoms with E-state index in [1.807, 2.05) is 54.8 Å². The Morgan fingerprint density at radius 1 is 1.04 bits per heavy atom. The van der Waals surface area contributed by atoms with Crippen molar-refractivity contribution in [3.05, 3.63) is 89.5 Å². The number of nitrogens with zero attached hydrogens (tertiary/aromatic N) is 1. The van der Waals surface area contributed by atoms with Gasteiger partial charge in [-0.2, -0.15) is 0 Å². The minimum absolute atomic E-state index is 0.0775. The zero-order valence-electron chi connectivity index (χ0n) is 15.3. The molecule has 3 nitrogen and oxygen atoms in total. The normalized spacial score (nSPS) is 12.7. The number of hydrogen-bond acceptors (Lipinski definition) is 3. The Hall–Kier alpha value is -2.72. The highest BCUT2D eigenvalue weighted by atomic mass is 32.2. The van der Waals surface area contributed by atoms with E-state index in [4.69, 9.17) is 0 Å². The first kappa shape index (κ1) is 17.7. The van der Waals surface area contributed by atoms with E-state index < -0.39 is 0 Å². The number of amides is 1. The smallest absolute Gasteiger partial charge is 0.255 e. The summed E-state index contributed by atoms with van der Waals surface area (Å²) in [5, 5.41) is 2.98. The molecule has 4 heteroatoms. The Bertz CT molecular complexity index is 953. The topological polar surface area (TPSA) is 32.3 Å². The van der Waals surface area contributed by atoms with Crippen LogP contribution in [0.1, 0.15) is 21.5 Å². The summed E-state index contributed by atoms with van der Waals surface area (Å²) in [4.78, 5) is 16.0. The molecule has 4 rings (SSSR count). The Balaban J connectivity index is 1.42. The van der Waals surface area contributed by atoms with Crippen LogP contribution in [0, 0.1) is 0 Å². The van der Waals surface area contributed by atoms with Crippen LogP contribution >= 0.6 is 11.8 Å². The van der Waals surface area contributed by atoms with E-state index in [0.717, 1.165) is 30.1 Å². The molecule has 3 aromatic rings. The number of fused-ring (bicyclic) bond motifs is 1. The first-order valence-electron chi connectivity index (χ1n) is 9.10. The lowest BCUT2D eigenvalue weighted by Gasteiger charge is -2.19. The van der Waals surface area contributed by atoms with E-state index in [-0.39, 0.29) is 5.91 Å². The Morgan fingerprint density at radius 2 is 1.85 bits per heavy atom. The van der Waals surface area contributed by atoms with E-state index in [1.165, 1.54) is 16.8 Å². The molecule has 0 aromatic heterocycles. The first-order valence-corrected chi connectivity index (χ1v) is 10.3. The molecule has 0 saturated heterocycles. The largest absolute Gasteiger partial charge is 0.367 e. The fraction of sp³-hybridized carbons (Fsp3) is 0.174. The highest BCUT2D eigenvalue weighted by Gasteiger charge is 2.18. The molecule has 0 aliphatic carbocycles. The third-order valence-electron chi connectivity index (χ3n) is 4.90. The monoisotopic (exact) mass is 374 g/mol. The average molecular weight is 375 g/mol. The summed E-state index contributed by atoms with van der Waals surface area (Å²) < 4.78 is 0. The molecule has 0 saturated carbocycles. The van der Waals surface area contributed by atoms with Crippen LogP contribution in [-0.2, 0) is 13.0 Å². The quantitative estimate of drug-likeness (QED) is 0.621. The molecule has 1 heterocycles. The van der Waals surface area contributed by atoms with Crippen LogP contribution in [-0.4, -0.2) is 18.7 Å². The maximum absolute atomic E-state index is 12.5. The van der Waals surface area contributed by atoms with Gasteiger partial charge in [-0.25, -0.2) is 0 Å². The van der Waals surface area contributed by atoms with Gasteiger partial charge in [-0.3, -0.25) is 4.79 Å². The number of carbonyl (C=O) groups is 1. The molecule has 0 radical (unpaired) electrons. The van der Waals surface area contributed by atoms with E-state index >= 15 is 0 Å². The lowest BCUT2D eigenvalue weighted by Crippen LogP contribution is -2.19. The van der Waals surface area contributed by atoms with Gasteiger partial charge < -0.3 is 10.2 Å². The molecule has 0 unspecified atom stereocenters. The molecule has 0 atom stereocenters. The summed E-state index contributed by atoms with van der Waals surface area (Å²) in [6.07, 6.45) is 3.13. The minimum atomic E-state index is -0.0775. The molecular formula is C23H22N2OS. The highest BCUT2D eigenvalue weighted by molar-refractivity contribution is 7.98. The zero-order chi connectivity index (χ0) is 18.6. The molecule has 3 aromatic carbocycles. The van der Waals surface area contributed by atoms with Crippen molar-refractivity contribution in [2.75, 3.05) is 23.0 Å². The summed E-state index contributed by atoms with van der Waals surface area (Å²) in [7, 11) is 0. The zero-order valence-corrected chi connectivity index (χ0v) is 16.1. The summed E-state index contributed by atoms with van der Waals surface area (Å²) in [5.74, 6) is -0.0775. The van der Waals surface area contributed by atoms with Crippen LogP contribution in [0.3, 0.4) is 0 Å². The second-order valence-corrected chi connectivity index (χ2v) is 7.56. The minimum Gasteiger partial charge on any atom is -0.367 e. The van der Waals surface area contributed by atoms with Crippen LogP contribution in [0.4, 0.5) is 11.4 Å². The number of carbonyl (C=O) groups excluding carboxylic acids is 1. The molecule has 0 bridgehead atoms. The van der Waals surface area contributed by atoms with Gasteiger partial charge in [-0.1, -0.05) is 36.4 Å². The van der Waals surface area contributed by atoms with Gasteiger partial charge in [-0.15, -0.1) is 11.8 Å². The Labute approximate surface area is 164 Å². The van der Waals surface area contributed by atoms with Gasteiger partial charge in [0.2, 0.25) is 0 Å². The Morgan fingerprint density at radius 3 is 2.67 bits per heavy atom. The first-order chi connectivity index (χ1) is 13.2. The molecule has 1 amide bonds. The van der Waals surface area contributed by atoms with E-state index in [1.54, 1.807) is 11.8 Å². The molecule has 1 aliphatic heterocycles. The highest BCUT2D eigenvalue weighted by Crippen LogP contribution is 2.28. The van der Waals surface area contributed by atoms with Crippen molar-refractivity contribution in [2.24, 2.45) is 0 Å². The summed E-state index contributed by atoms with van der Waals surface area (Å²) in [5.41, 5.74) is 5.46. The lowest BCUT2D eigenvalue weighted by atomic mass is 10.1. The molecule has 1 N–H and O–H groups in total.